The van der Waals surface area contributed by atoms with Crippen molar-refractivity contribution >= 4 is 10.9 Å². The van der Waals surface area contributed by atoms with E-state index in [1.54, 1.807) is 0 Å². The molecule has 0 radical (unpaired) electrons. The molecule has 0 unspecified atom stereocenters. The van der Waals surface area contributed by atoms with Gasteiger partial charge in [0.05, 0.1) is 0 Å². The lowest BCUT2D eigenvalue weighted by Crippen LogP contribution is -2.25. The number of nitrogens with one attached hydrogen (secondary N) is 1. The third-order valence-electron chi connectivity index (χ3n) is 4.58. The summed E-state index contributed by atoms with van der Waals surface area (Å²) in [5, 5.41) is 1.22. The van der Waals surface area contributed by atoms with E-state index in [0.717, 1.165) is 37.3 Å². The first-order valence-electron chi connectivity index (χ1n) is 8.79. The summed E-state index contributed by atoms with van der Waals surface area (Å²) in [5.41, 5.74) is 3.67. The molecule has 3 nitrogen and oxygen atoms in total. The zero-order valence-electron chi connectivity index (χ0n) is 14.6. The Balaban J connectivity index is 1.79. The first kappa shape index (κ1) is 16.6. The second-order valence-electron chi connectivity index (χ2n) is 6.04. The van der Waals surface area contributed by atoms with Gasteiger partial charge in [-0.2, -0.15) is 0 Å². The quantitative estimate of drug-likeness (QED) is 0.655. The van der Waals surface area contributed by atoms with Crippen LogP contribution >= 0.6 is 0 Å². The maximum atomic E-state index is 6.13. The van der Waals surface area contributed by atoms with Crippen LogP contribution in [0.5, 0.6) is 5.75 Å². The number of likely N-dealkylation sites (N-methyl/N-ethyl adjacent to an activating group) is 1. The first-order valence-corrected chi connectivity index (χ1v) is 8.79. The van der Waals surface area contributed by atoms with E-state index < -0.39 is 0 Å². The zero-order chi connectivity index (χ0) is 16.8. The minimum absolute atomic E-state index is 0.598. The molecule has 3 rings (SSSR count). The molecule has 0 fully saturated rings. The van der Waals surface area contributed by atoms with Crippen LogP contribution in [0, 0.1) is 0 Å². The van der Waals surface area contributed by atoms with Crippen LogP contribution in [0.1, 0.15) is 25.0 Å². The fraction of sp³-hybridized carbons (Fsp3) is 0.333. The standard InChI is InChI=1S/C21H26N2O/c1-3-23(4-2)14-13-18-15-22-19-11-8-12-20(21(18)19)24-16-17-9-6-5-7-10-17/h5-12,15,22H,3-4,13-14,16H2,1-2H3. The van der Waals surface area contributed by atoms with E-state index in [9.17, 15) is 0 Å². The third kappa shape index (κ3) is 3.80. The van der Waals surface area contributed by atoms with Gasteiger partial charge in [0, 0.05) is 23.6 Å². The van der Waals surface area contributed by atoms with Gasteiger partial charge in [-0.05, 0) is 42.8 Å². The minimum Gasteiger partial charge on any atom is -0.488 e. The van der Waals surface area contributed by atoms with Crippen LogP contribution in [0.2, 0.25) is 0 Å². The smallest absolute Gasteiger partial charge is 0.129 e. The van der Waals surface area contributed by atoms with Gasteiger partial charge in [-0.15, -0.1) is 0 Å². The Morgan fingerprint density at radius 1 is 0.958 bits per heavy atom. The number of benzene rings is 2. The third-order valence-corrected chi connectivity index (χ3v) is 4.58. The molecule has 0 bridgehead atoms. The molecule has 0 aliphatic rings. The van der Waals surface area contributed by atoms with Crippen LogP contribution in [-0.2, 0) is 13.0 Å². The molecular formula is C21H26N2O. The summed E-state index contributed by atoms with van der Waals surface area (Å²) in [6.45, 7) is 8.29. The van der Waals surface area contributed by atoms with Crippen molar-refractivity contribution in [2.75, 3.05) is 19.6 Å². The summed E-state index contributed by atoms with van der Waals surface area (Å²) < 4.78 is 6.13. The van der Waals surface area contributed by atoms with Crippen molar-refractivity contribution in [3.05, 3.63) is 65.9 Å². The lowest BCUT2D eigenvalue weighted by molar-refractivity contribution is 0.306. The van der Waals surface area contributed by atoms with Crippen LogP contribution in [0.3, 0.4) is 0 Å². The Bertz CT molecular complexity index is 760. The molecule has 24 heavy (non-hydrogen) atoms. The highest BCUT2D eigenvalue weighted by Gasteiger charge is 2.11. The van der Waals surface area contributed by atoms with Gasteiger partial charge in [-0.3, -0.25) is 0 Å². The lowest BCUT2D eigenvalue weighted by Gasteiger charge is -2.17. The molecular weight excluding hydrogens is 296 g/mol. The van der Waals surface area contributed by atoms with Crippen molar-refractivity contribution < 1.29 is 4.74 Å². The normalized spacial score (nSPS) is 11.3. The number of rotatable bonds is 8. The van der Waals surface area contributed by atoms with E-state index in [0.29, 0.717) is 6.61 Å². The van der Waals surface area contributed by atoms with E-state index in [1.807, 2.05) is 24.3 Å². The van der Waals surface area contributed by atoms with E-state index >= 15 is 0 Å². The molecule has 1 heterocycles. The highest BCUT2D eigenvalue weighted by atomic mass is 16.5. The van der Waals surface area contributed by atoms with Crippen LogP contribution in [0.15, 0.2) is 54.7 Å². The van der Waals surface area contributed by atoms with Crippen molar-refractivity contribution in [3.63, 3.8) is 0 Å². The van der Waals surface area contributed by atoms with E-state index in [1.165, 1.54) is 16.5 Å². The molecule has 0 spiro atoms. The largest absolute Gasteiger partial charge is 0.488 e. The Morgan fingerprint density at radius 2 is 1.75 bits per heavy atom. The Morgan fingerprint density at radius 3 is 2.50 bits per heavy atom. The molecule has 1 N–H and O–H groups in total. The van der Waals surface area contributed by atoms with Crippen LogP contribution in [0.4, 0.5) is 0 Å². The Kier molecular flexibility index (Phi) is 5.55. The average molecular weight is 322 g/mol. The second-order valence-corrected chi connectivity index (χ2v) is 6.04. The summed E-state index contributed by atoms with van der Waals surface area (Å²) in [7, 11) is 0. The minimum atomic E-state index is 0.598. The summed E-state index contributed by atoms with van der Waals surface area (Å²) in [6, 6.07) is 16.5. The Labute approximate surface area is 144 Å². The maximum absolute atomic E-state index is 6.13. The molecule has 2 aromatic carbocycles. The molecule has 126 valence electrons. The van der Waals surface area contributed by atoms with Crippen molar-refractivity contribution in [2.45, 2.75) is 26.9 Å². The fourth-order valence-corrected chi connectivity index (χ4v) is 3.09. The number of ether oxygens (including phenoxy) is 1. The lowest BCUT2D eigenvalue weighted by atomic mass is 10.1. The maximum Gasteiger partial charge on any atom is 0.129 e. The van der Waals surface area contributed by atoms with Gasteiger partial charge in [0.25, 0.3) is 0 Å². The highest BCUT2D eigenvalue weighted by molar-refractivity contribution is 5.89. The molecule has 0 saturated carbocycles. The second kappa shape index (κ2) is 8.02. The zero-order valence-corrected chi connectivity index (χ0v) is 14.6. The summed E-state index contributed by atoms with van der Waals surface area (Å²) in [4.78, 5) is 5.84. The molecule has 0 saturated heterocycles. The van der Waals surface area contributed by atoms with E-state index in [2.05, 4.69) is 54.2 Å². The predicted molar refractivity (Wildman–Crippen MR) is 101 cm³/mol. The van der Waals surface area contributed by atoms with Crippen molar-refractivity contribution in [2.24, 2.45) is 0 Å². The van der Waals surface area contributed by atoms with Gasteiger partial charge in [-0.1, -0.05) is 50.2 Å². The van der Waals surface area contributed by atoms with Gasteiger partial charge < -0.3 is 14.6 Å². The summed E-state index contributed by atoms with van der Waals surface area (Å²) in [6.07, 6.45) is 3.16. The van der Waals surface area contributed by atoms with Crippen molar-refractivity contribution in [3.8, 4) is 5.75 Å². The average Bonchev–Trinajstić information content (AvgIpc) is 3.05. The van der Waals surface area contributed by atoms with Crippen LogP contribution in [0.25, 0.3) is 10.9 Å². The van der Waals surface area contributed by atoms with Gasteiger partial charge in [0.1, 0.15) is 12.4 Å². The van der Waals surface area contributed by atoms with Gasteiger partial charge in [0.15, 0.2) is 0 Å². The van der Waals surface area contributed by atoms with E-state index in [-0.39, 0.29) is 0 Å². The molecule has 0 aliphatic heterocycles. The molecule has 0 aliphatic carbocycles. The highest BCUT2D eigenvalue weighted by Crippen LogP contribution is 2.29. The van der Waals surface area contributed by atoms with Crippen LogP contribution in [-0.4, -0.2) is 29.5 Å². The number of hydrogen-bond donors (Lipinski definition) is 1. The number of H-pyrrole nitrogens is 1. The molecule has 0 amide bonds. The predicted octanol–water partition coefficient (Wildman–Crippen LogP) is 4.63. The first-order chi connectivity index (χ1) is 11.8. The topological polar surface area (TPSA) is 28.3 Å². The number of aromatic nitrogens is 1. The SMILES string of the molecule is CCN(CC)CCc1c[nH]c2cccc(OCc3ccccc3)c12. The summed E-state index contributed by atoms with van der Waals surface area (Å²) in [5.74, 6) is 0.965. The molecule has 3 aromatic rings. The molecule has 3 heteroatoms. The monoisotopic (exact) mass is 322 g/mol. The summed E-state index contributed by atoms with van der Waals surface area (Å²) >= 11 is 0. The van der Waals surface area contributed by atoms with Gasteiger partial charge in [0.2, 0.25) is 0 Å². The number of fused-ring (bicyclic) bond motifs is 1. The van der Waals surface area contributed by atoms with Gasteiger partial charge >= 0.3 is 0 Å². The number of aromatic amines is 1. The van der Waals surface area contributed by atoms with Crippen molar-refractivity contribution in [1.29, 1.82) is 0 Å². The fourth-order valence-electron chi connectivity index (χ4n) is 3.09. The molecule has 1 aromatic heterocycles. The molecule has 0 atom stereocenters. The Hall–Kier alpha value is -2.26. The van der Waals surface area contributed by atoms with Crippen molar-refractivity contribution in [1.82, 2.24) is 9.88 Å². The number of hydrogen-bond acceptors (Lipinski definition) is 2. The number of nitrogens with zero attached hydrogens (tertiary/aromatic N) is 1. The van der Waals surface area contributed by atoms with E-state index in [4.69, 9.17) is 4.74 Å². The van der Waals surface area contributed by atoms with Gasteiger partial charge in [-0.25, -0.2) is 0 Å². The van der Waals surface area contributed by atoms with Crippen LogP contribution < -0.4 is 4.74 Å².